The molecule has 20 heavy (non-hydrogen) atoms. The van der Waals surface area contributed by atoms with Gasteiger partial charge in [-0.25, -0.2) is 0 Å². The average Bonchev–Trinajstić information content (AvgIpc) is 3.02. The molecule has 2 aliphatic rings. The zero-order chi connectivity index (χ0) is 13.8. The fourth-order valence-electron chi connectivity index (χ4n) is 3.06. The van der Waals surface area contributed by atoms with E-state index in [1.165, 1.54) is 19.3 Å². The van der Waals surface area contributed by atoms with Crippen molar-refractivity contribution >= 4 is 5.91 Å². The van der Waals surface area contributed by atoms with Gasteiger partial charge in [0.2, 0.25) is 0 Å². The maximum Gasteiger partial charge on any atom is 0.272 e. The zero-order valence-corrected chi connectivity index (χ0v) is 11.9. The number of aromatic nitrogens is 1. The van der Waals surface area contributed by atoms with E-state index >= 15 is 0 Å². The number of carbonyl (C=O) groups excluding carboxylic acids is 1. The van der Waals surface area contributed by atoms with Gasteiger partial charge in [0.15, 0.2) is 0 Å². The molecule has 0 radical (unpaired) electrons. The van der Waals surface area contributed by atoms with Gasteiger partial charge in [0.25, 0.3) is 5.91 Å². The molecule has 2 heterocycles. The van der Waals surface area contributed by atoms with Crippen LogP contribution in [0, 0.1) is 0 Å². The molecule has 1 saturated carbocycles. The van der Waals surface area contributed by atoms with Crippen molar-refractivity contribution in [2.75, 3.05) is 13.1 Å². The molecule has 0 atom stereocenters. The number of ether oxygens (including phenoxy) is 1. The van der Waals surface area contributed by atoms with E-state index in [1.807, 2.05) is 11.0 Å². The molecular weight excluding hydrogens is 252 g/mol. The molecule has 0 N–H and O–H groups in total. The fourth-order valence-corrected chi connectivity index (χ4v) is 3.06. The van der Waals surface area contributed by atoms with Gasteiger partial charge in [0.1, 0.15) is 11.4 Å². The highest BCUT2D eigenvalue weighted by Crippen LogP contribution is 2.24. The number of nitrogens with zero attached hydrogens (tertiary/aromatic N) is 2. The van der Waals surface area contributed by atoms with Gasteiger partial charge in [-0.05, 0) is 44.6 Å². The molecule has 0 aromatic carbocycles. The summed E-state index contributed by atoms with van der Waals surface area (Å²) in [5.41, 5.74) is 0.514. The average molecular weight is 274 g/mol. The summed E-state index contributed by atoms with van der Waals surface area (Å²) in [5, 5.41) is 0. The highest BCUT2D eigenvalue weighted by molar-refractivity contribution is 5.92. The van der Waals surface area contributed by atoms with Gasteiger partial charge in [-0.2, -0.15) is 0 Å². The van der Waals surface area contributed by atoms with Crippen LogP contribution in [0.5, 0.6) is 5.75 Å². The van der Waals surface area contributed by atoms with Gasteiger partial charge in [0, 0.05) is 25.4 Å². The number of hydrogen-bond donors (Lipinski definition) is 0. The molecular formula is C16H22N2O2. The molecule has 4 nitrogen and oxygen atoms in total. The Morgan fingerprint density at radius 2 is 1.90 bits per heavy atom. The summed E-state index contributed by atoms with van der Waals surface area (Å²) in [6.07, 6.45) is 10.2. The quantitative estimate of drug-likeness (QED) is 0.851. The highest BCUT2D eigenvalue weighted by atomic mass is 16.5. The molecule has 1 saturated heterocycles. The van der Waals surface area contributed by atoms with Crippen molar-refractivity contribution in [3.8, 4) is 5.75 Å². The van der Waals surface area contributed by atoms with Crippen LogP contribution < -0.4 is 4.74 Å². The topological polar surface area (TPSA) is 42.4 Å². The maximum absolute atomic E-state index is 12.3. The number of amides is 1. The Kier molecular flexibility index (Phi) is 4.19. The number of rotatable bonds is 3. The van der Waals surface area contributed by atoms with Crippen LogP contribution in [0.1, 0.15) is 55.4 Å². The third-order valence-corrected chi connectivity index (χ3v) is 4.20. The van der Waals surface area contributed by atoms with Crippen molar-refractivity contribution in [2.24, 2.45) is 0 Å². The Morgan fingerprint density at radius 3 is 2.65 bits per heavy atom. The van der Waals surface area contributed by atoms with Crippen LogP contribution in [0.15, 0.2) is 18.3 Å². The summed E-state index contributed by atoms with van der Waals surface area (Å²) in [6, 6.07) is 3.66. The molecule has 2 fully saturated rings. The van der Waals surface area contributed by atoms with Crippen LogP contribution in [0.4, 0.5) is 0 Å². The van der Waals surface area contributed by atoms with Crippen LogP contribution in [-0.4, -0.2) is 35.0 Å². The van der Waals surface area contributed by atoms with Gasteiger partial charge >= 0.3 is 0 Å². The summed E-state index contributed by atoms with van der Waals surface area (Å²) in [4.78, 5) is 18.4. The number of pyridine rings is 1. The highest BCUT2D eigenvalue weighted by Gasteiger charge is 2.21. The normalized spacial score (nSPS) is 20.1. The molecule has 1 aliphatic heterocycles. The maximum atomic E-state index is 12.3. The standard InChI is InChI=1S/C16H22N2O2/c19-16(18-10-4-5-11-18)15-12-14(8-9-17-15)20-13-6-2-1-3-7-13/h8-9,12-13H,1-7,10-11H2. The zero-order valence-electron chi connectivity index (χ0n) is 11.9. The van der Waals surface area contributed by atoms with E-state index in [9.17, 15) is 4.79 Å². The minimum Gasteiger partial charge on any atom is -0.490 e. The van der Waals surface area contributed by atoms with Gasteiger partial charge in [-0.15, -0.1) is 0 Å². The predicted molar refractivity (Wildman–Crippen MR) is 76.9 cm³/mol. The summed E-state index contributed by atoms with van der Waals surface area (Å²) in [6.45, 7) is 1.71. The van der Waals surface area contributed by atoms with E-state index in [4.69, 9.17) is 4.74 Å². The Balaban J connectivity index is 1.67. The lowest BCUT2D eigenvalue weighted by Crippen LogP contribution is -2.28. The van der Waals surface area contributed by atoms with E-state index in [2.05, 4.69) is 4.98 Å². The SMILES string of the molecule is O=C(c1cc(OC2CCCCC2)ccn1)N1CCCC1. The second-order valence-electron chi connectivity index (χ2n) is 5.75. The summed E-state index contributed by atoms with van der Waals surface area (Å²) < 4.78 is 6.00. The Morgan fingerprint density at radius 1 is 1.15 bits per heavy atom. The first-order chi connectivity index (χ1) is 9.83. The molecule has 0 bridgehead atoms. The Hall–Kier alpha value is -1.58. The second-order valence-corrected chi connectivity index (χ2v) is 5.75. The molecule has 4 heteroatoms. The minimum absolute atomic E-state index is 0.0385. The fraction of sp³-hybridized carbons (Fsp3) is 0.625. The summed E-state index contributed by atoms with van der Waals surface area (Å²) >= 11 is 0. The lowest BCUT2D eigenvalue weighted by atomic mass is 9.98. The molecule has 1 aromatic heterocycles. The summed E-state index contributed by atoms with van der Waals surface area (Å²) in [7, 11) is 0. The van der Waals surface area contributed by atoms with Crippen LogP contribution >= 0.6 is 0 Å². The molecule has 1 amide bonds. The van der Waals surface area contributed by atoms with Crippen molar-refractivity contribution < 1.29 is 9.53 Å². The van der Waals surface area contributed by atoms with Crippen molar-refractivity contribution in [3.05, 3.63) is 24.0 Å². The third kappa shape index (κ3) is 3.11. The lowest BCUT2D eigenvalue weighted by Gasteiger charge is -2.23. The summed E-state index contributed by atoms with van der Waals surface area (Å²) in [5.74, 6) is 0.825. The van der Waals surface area contributed by atoms with Gasteiger partial charge < -0.3 is 9.64 Å². The predicted octanol–water partition coefficient (Wildman–Crippen LogP) is 3.03. The van der Waals surface area contributed by atoms with Crippen molar-refractivity contribution in [1.82, 2.24) is 9.88 Å². The second kappa shape index (κ2) is 6.25. The molecule has 0 unspecified atom stereocenters. The first kappa shape index (κ1) is 13.4. The van der Waals surface area contributed by atoms with E-state index in [0.717, 1.165) is 44.5 Å². The van der Waals surface area contributed by atoms with E-state index in [-0.39, 0.29) is 5.91 Å². The number of likely N-dealkylation sites (tertiary alicyclic amines) is 1. The van der Waals surface area contributed by atoms with E-state index in [1.54, 1.807) is 12.3 Å². The van der Waals surface area contributed by atoms with Crippen LogP contribution in [0.25, 0.3) is 0 Å². The molecule has 108 valence electrons. The smallest absolute Gasteiger partial charge is 0.272 e. The van der Waals surface area contributed by atoms with Crippen molar-refractivity contribution in [1.29, 1.82) is 0 Å². The van der Waals surface area contributed by atoms with Crippen molar-refractivity contribution in [3.63, 3.8) is 0 Å². The first-order valence-corrected chi connectivity index (χ1v) is 7.75. The molecule has 0 spiro atoms. The largest absolute Gasteiger partial charge is 0.490 e. The van der Waals surface area contributed by atoms with Crippen LogP contribution in [0.2, 0.25) is 0 Å². The van der Waals surface area contributed by atoms with Gasteiger partial charge in [-0.1, -0.05) is 6.42 Å². The number of carbonyl (C=O) groups is 1. The third-order valence-electron chi connectivity index (χ3n) is 4.20. The van der Waals surface area contributed by atoms with Crippen LogP contribution in [0.3, 0.4) is 0 Å². The van der Waals surface area contributed by atoms with E-state index < -0.39 is 0 Å². The lowest BCUT2D eigenvalue weighted by molar-refractivity contribution is 0.0785. The minimum atomic E-state index is 0.0385. The first-order valence-electron chi connectivity index (χ1n) is 7.75. The van der Waals surface area contributed by atoms with Crippen molar-refractivity contribution in [2.45, 2.75) is 51.0 Å². The Labute approximate surface area is 120 Å². The molecule has 1 aliphatic carbocycles. The number of hydrogen-bond acceptors (Lipinski definition) is 3. The monoisotopic (exact) mass is 274 g/mol. The molecule has 3 rings (SSSR count). The van der Waals surface area contributed by atoms with Gasteiger partial charge in [-0.3, -0.25) is 9.78 Å². The van der Waals surface area contributed by atoms with Crippen LogP contribution in [-0.2, 0) is 0 Å². The van der Waals surface area contributed by atoms with Gasteiger partial charge in [0.05, 0.1) is 6.10 Å². The molecule has 1 aromatic rings. The Bertz CT molecular complexity index is 463. The van der Waals surface area contributed by atoms with E-state index in [0.29, 0.717) is 11.8 Å².